The highest BCUT2D eigenvalue weighted by Gasteiger charge is 2.63. The summed E-state index contributed by atoms with van der Waals surface area (Å²) in [6, 6.07) is 4.36. The van der Waals surface area contributed by atoms with Crippen LogP contribution in [0.25, 0.3) is 0 Å². The Labute approximate surface area is 149 Å². The van der Waals surface area contributed by atoms with Crippen molar-refractivity contribution in [3.63, 3.8) is 0 Å². The average Bonchev–Trinajstić information content (AvgIpc) is 2.61. The highest BCUT2D eigenvalue weighted by molar-refractivity contribution is 5.94. The number of benzene rings is 1. The van der Waals surface area contributed by atoms with Gasteiger partial charge in [-0.15, -0.1) is 0 Å². The molecule has 0 aromatic heterocycles. The van der Waals surface area contributed by atoms with Crippen molar-refractivity contribution in [3.05, 3.63) is 23.8 Å². The van der Waals surface area contributed by atoms with E-state index in [4.69, 9.17) is 16.6 Å². The molecule has 1 aromatic rings. The summed E-state index contributed by atoms with van der Waals surface area (Å²) in [5.41, 5.74) is 11.4. The van der Waals surface area contributed by atoms with E-state index in [1.807, 2.05) is 0 Å². The van der Waals surface area contributed by atoms with Crippen molar-refractivity contribution >= 4 is 17.3 Å². The standard InChI is InChI=1S/C14H20.C7H8N2O2/c1-7-2-12-10-4-8-5-11(9(1)10)13(3-7)14(12)6-8;8-4-1-2-6(9)5(3-4)7(10)11/h7-14H,1-6H2;1-3H,8-9H2,(H,10,11). The predicted octanol–water partition coefficient (Wildman–Crippen LogP) is 3.87. The van der Waals surface area contributed by atoms with Gasteiger partial charge in [0.15, 0.2) is 0 Å². The van der Waals surface area contributed by atoms with Gasteiger partial charge >= 0.3 is 5.97 Å². The first-order valence-corrected chi connectivity index (χ1v) is 9.89. The first-order valence-electron chi connectivity index (χ1n) is 9.89. The van der Waals surface area contributed by atoms with Crippen LogP contribution in [-0.2, 0) is 0 Å². The van der Waals surface area contributed by atoms with Gasteiger partial charge in [-0.3, -0.25) is 0 Å². The van der Waals surface area contributed by atoms with Gasteiger partial charge in [0.25, 0.3) is 0 Å². The number of hydrogen-bond donors (Lipinski definition) is 3. The second-order valence-corrected chi connectivity index (χ2v) is 9.28. The van der Waals surface area contributed by atoms with E-state index in [0.29, 0.717) is 5.69 Å². The number of nitrogens with two attached hydrogens (primary N) is 2. The molecular weight excluding hydrogens is 312 g/mol. The van der Waals surface area contributed by atoms with Crippen LogP contribution >= 0.6 is 0 Å². The van der Waals surface area contributed by atoms with Crippen LogP contribution < -0.4 is 11.5 Å². The van der Waals surface area contributed by atoms with E-state index >= 15 is 0 Å². The van der Waals surface area contributed by atoms with Crippen LogP contribution in [0.5, 0.6) is 0 Å². The molecule has 0 atom stereocenters. The third kappa shape index (κ3) is 2.29. The molecule has 7 aliphatic rings. The molecule has 0 aliphatic heterocycles. The van der Waals surface area contributed by atoms with Gasteiger partial charge in [0.1, 0.15) is 0 Å². The molecule has 0 heterocycles. The Hall–Kier alpha value is -1.71. The fourth-order valence-corrected chi connectivity index (χ4v) is 7.65. The van der Waals surface area contributed by atoms with Crippen LogP contribution in [0.4, 0.5) is 11.4 Å². The van der Waals surface area contributed by atoms with E-state index in [1.54, 1.807) is 44.6 Å². The topological polar surface area (TPSA) is 89.3 Å². The first kappa shape index (κ1) is 15.5. The molecule has 7 aliphatic carbocycles. The van der Waals surface area contributed by atoms with Gasteiger partial charge < -0.3 is 16.6 Å². The SMILES string of the molecule is C1C2CC3C4CC5CC(C14)C(C2)C3C5.Nc1ccc(N)c(C(=O)O)c1. The summed E-state index contributed by atoms with van der Waals surface area (Å²) in [4.78, 5) is 10.4. The molecule has 7 fully saturated rings. The molecule has 0 amide bonds. The number of anilines is 2. The Morgan fingerprint density at radius 3 is 1.52 bits per heavy atom. The van der Waals surface area contributed by atoms with Crippen LogP contribution in [0, 0.1) is 47.3 Å². The monoisotopic (exact) mass is 340 g/mol. The summed E-state index contributed by atoms with van der Waals surface area (Å²) in [6.07, 6.45) is 9.93. The van der Waals surface area contributed by atoms with Crippen molar-refractivity contribution in [2.75, 3.05) is 11.5 Å². The average molecular weight is 340 g/mol. The minimum atomic E-state index is -1.06. The molecule has 4 nitrogen and oxygen atoms in total. The minimum Gasteiger partial charge on any atom is -0.478 e. The summed E-state index contributed by atoms with van der Waals surface area (Å²) >= 11 is 0. The predicted molar refractivity (Wildman–Crippen MR) is 97.8 cm³/mol. The lowest BCUT2D eigenvalue weighted by atomic mass is 9.36. The number of carbonyl (C=O) groups is 1. The molecule has 4 heteroatoms. The Balaban J connectivity index is 0.000000117. The maximum absolute atomic E-state index is 10.4. The molecule has 1 aromatic carbocycles. The number of carboxylic acid groups (broad SMARTS) is 1. The van der Waals surface area contributed by atoms with E-state index < -0.39 is 5.97 Å². The normalized spacial score (nSPS) is 44.5. The summed E-state index contributed by atoms with van der Waals surface area (Å²) in [7, 11) is 0. The maximum atomic E-state index is 10.4. The summed E-state index contributed by atoms with van der Waals surface area (Å²) in [5.74, 6) is 8.68. The second kappa shape index (κ2) is 5.39. The molecule has 0 unspecified atom stereocenters. The van der Waals surface area contributed by atoms with Gasteiger partial charge in [-0.05, 0) is 104 Å². The third-order valence-electron chi connectivity index (χ3n) is 8.24. The molecule has 5 N–H and O–H groups in total. The third-order valence-corrected chi connectivity index (χ3v) is 8.24. The van der Waals surface area contributed by atoms with Crippen molar-refractivity contribution in [1.29, 1.82) is 0 Å². The van der Waals surface area contributed by atoms with Gasteiger partial charge in [0.05, 0.1) is 5.56 Å². The van der Waals surface area contributed by atoms with Crippen molar-refractivity contribution in [3.8, 4) is 0 Å². The maximum Gasteiger partial charge on any atom is 0.337 e. The van der Waals surface area contributed by atoms with Crippen LogP contribution in [0.15, 0.2) is 18.2 Å². The Morgan fingerprint density at radius 2 is 1.20 bits per heavy atom. The van der Waals surface area contributed by atoms with Crippen LogP contribution in [-0.4, -0.2) is 11.1 Å². The molecule has 25 heavy (non-hydrogen) atoms. The smallest absolute Gasteiger partial charge is 0.337 e. The molecule has 7 saturated carbocycles. The number of hydrogen-bond acceptors (Lipinski definition) is 3. The minimum absolute atomic E-state index is 0.0463. The first-order chi connectivity index (χ1) is 12.0. The van der Waals surface area contributed by atoms with E-state index in [2.05, 4.69) is 0 Å². The number of rotatable bonds is 1. The van der Waals surface area contributed by atoms with Gasteiger partial charge in [0, 0.05) is 11.4 Å². The van der Waals surface area contributed by atoms with Crippen LogP contribution in [0.3, 0.4) is 0 Å². The van der Waals surface area contributed by atoms with E-state index in [-0.39, 0.29) is 11.3 Å². The molecule has 0 spiro atoms. The van der Waals surface area contributed by atoms with Crippen molar-refractivity contribution in [1.82, 2.24) is 0 Å². The lowest BCUT2D eigenvalue weighted by Crippen LogP contribution is -2.62. The number of aromatic carboxylic acids is 1. The summed E-state index contributed by atoms with van der Waals surface area (Å²) in [5, 5.41) is 8.55. The lowest BCUT2D eigenvalue weighted by Gasteiger charge is -2.69. The molecule has 8 bridgehead atoms. The van der Waals surface area contributed by atoms with Crippen LogP contribution in [0.1, 0.15) is 48.9 Å². The summed E-state index contributed by atoms with van der Waals surface area (Å²) in [6.45, 7) is 0. The van der Waals surface area contributed by atoms with Gasteiger partial charge in [-0.1, -0.05) is 0 Å². The molecule has 0 radical (unpaired) electrons. The fourth-order valence-electron chi connectivity index (χ4n) is 7.65. The number of nitrogen functional groups attached to an aromatic ring is 2. The second-order valence-electron chi connectivity index (χ2n) is 9.28. The zero-order chi connectivity index (χ0) is 17.3. The molecular formula is C21H28N2O2. The zero-order valence-corrected chi connectivity index (χ0v) is 14.6. The summed E-state index contributed by atoms with van der Waals surface area (Å²) < 4.78 is 0. The quantitative estimate of drug-likeness (QED) is 0.677. The van der Waals surface area contributed by atoms with Crippen molar-refractivity contribution in [2.24, 2.45) is 47.3 Å². The van der Waals surface area contributed by atoms with Crippen molar-refractivity contribution < 1.29 is 9.90 Å². The Bertz CT molecular complexity index is 628. The van der Waals surface area contributed by atoms with E-state index in [1.165, 1.54) is 59.5 Å². The van der Waals surface area contributed by atoms with Crippen molar-refractivity contribution in [2.45, 2.75) is 38.5 Å². The van der Waals surface area contributed by atoms with E-state index in [0.717, 1.165) is 0 Å². The number of carboxylic acids is 1. The van der Waals surface area contributed by atoms with Gasteiger partial charge in [0.2, 0.25) is 0 Å². The lowest BCUT2D eigenvalue weighted by molar-refractivity contribution is -0.202. The zero-order valence-electron chi connectivity index (χ0n) is 14.6. The van der Waals surface area contributed by atoms with Gasteiger partial charge in [-0.25, -0.2) is 4.79 Å². The highest BCUT2D eigenvalue weighted by Crippen LogP contribution is 2.71. The molecule has 134 valence electrons. The highest BCUT2D eigenvalue weighted by atomic mass is 16.4. The Morgan fingerprint density at radius 1 is 0.800 bits per heavy atom. The van der Waals surface area contributed by atoms with Crippen LogP contribution in [0.2, 0.25) is 0 Å². The molecule has 8 rings (SSSR count). The van der Waals surface area contributed by atoms with Gasteiger partial charge in [-0.2, -0.15) is 0 Å². The molecule has 0 saturated heterocycles. The fraction of sp³-hybridized carbons (Fsp3) is 0.667. The largest absolute Gasteiger partial charge is 0.478 e. The van der Waals surface area contributed by atoms with E-state index in [9.17, 15) is 4.79 Å². The Kier molecular flexibility index (Phi) is 3.35.